The van der Waals surface area contributed by atoms with Crippen LogP contribution in [0.5, 0.6) is 0 Å². The lowest BCUT2D eigenvalue weighted by molar-refractivity contribution is -0.147. The van der Waals surface area contributed by atoms with Crippen LogP contribution < -0.4 is 5.32 Å². The SMILES string of the molecule is CC(C)(O)[C@]1(C(=O)NCc2cc(C(F)(F)F)cc(C(F)(F)F)c2)CC[C@@H](N2CCC(c3ccncn3)CC2)C1. The first kappa shape index (κ1) is 29.3. The molecule has 1 saturated heterocycles. The molecule has 4 rings (SSSR count). The topological polar surface area (TPSA) is 78.4 Å². The number of nitrogens with zero attached hydrogens (tertiary/aromatic N) is 3. The number of hydrogen-bond donors (Lipinski definition) is 2. The van der Waals surface area contributed by atoms with E-state index in [1.54, 1.807) is 6.20 Å². The van der Waals surface area contributed by atoms with Crippen molar-refractivity contribution in [3.8, 4) is 0 Å². The molecule has 1 aliphatic carbocycles. The second-order valence-electron chi connectivity index (χ2n) is 11.1. The predicted octanol–water partition coefficient (Wildman–Crippen LogP) is 5.32. The minimum absolute atomic E-state index is 0.0129. The number of carbonyl (C=O) groups is 1. The molecule has 0 spiro atoms. The fourth-order valence-electron chi connectivity index (χ4n) is 5.95. The summed E-state index contributed by atoms with van der Waals surface area (Å²) in [6, 6.07) is 3.18. The number of hydrogen-bond acceptors (Lipinski definition) is 5. The predicted molar refractivity (Wildman–Crippen MR) is 130 cm³/mol. The Morgan fingerprint density at radius 3 is 2.18 bits per heavy atom. The first-order chi connectivity index (χ1) is 18.1. The van der Waals surface area contributed by atoms with Crippen molar-refractivity contribution in [1.29, 1.82) is 0 Å². The number of alkyl halides is 6. The maximum Gasteiger partial charge on any atom is 0.416 e. The molecule has 2 heterocycles. The van der Waals surface area contributed by atoms with E-state index in [0.29, 0.717) is 37.3 Å². The van der Waals surface area contributed by atoms with Crippen LogP contribution in [0, 0.1) is 5.41 Å². The van der Waals surface area contributed by atoms with Crippen LogP contribution in [-0.4, -0.2) is 50.6 Å². The van der Waals surface area contributed by atoms with Gasteiger partial charge >= 0.3 is 12.4 Å². The van der Waals surface area contributed by atoms with Gasteiger partial charge in [-0.1, -0.05) is 0 Å². The van der Waals surface area contributed by atoms with Gasteiger partial charge in [0.2, 0.25) is 5.91 Å². The molecule has 0 unspecified atom stereocenters. The van der Waals surface area contributed by atoms with Crippen LogP contribution in [0.15, 0.2) is 36.8 Å². The van der Waals surface area contributed by atoms with Gasteiger partial charge in [-0.2, -0.15) is 26.3 Å². The lowest BCUT2D eigenvalue weighted by atomic mass is 9.71. The Hall–Kier alpha value is -2.73. The molecule has 214 valence electrons. The third kappa shape index (κ3) is 6.37. The molecular formula is C27H32F6N4O2. The highest BCUT2D eigenvalue weighted by atomic mass is 19.4. The smallest absolute Gasteiger partial charge is 0.389 e. The average molecular weight is 559 g/mol. The van der Waals surface area contributed by atoms with Gasteiger partial charge in [-0.05, 0) is 88.9 Å². The van der Waals surface area contributed by atoms with Crippen molar-refractivity contribution in [2.75, 3.05) is 13.1 Å². The molecule has 2 aromatic rings. The number of benzene rings is 1. The second kappa shape index (κ2) is 10.7. The molecule has 1 aromatic carbocycles. The Morgan fingerprint density at radius 1 is 1.05 bits per heavy atom. The molecule has 1 amide bonds. The van der Waals surface area contributed by atoms with Crippen molar-refractivity contribution in [3.05, 3.63) is 59.2 Å². The van der Waals surface area contributed by atoms with Crippen molar-refractivity contribution >= 4 is 5.91 Å². The van der Waals surface area contributed by atoms with E-state index in [9.17, 15) is 36.2 Å². The highest BCUT2D eigenvalue weighted by Gasteiger charge is 2.55. The van der Waals surface area contributed by atoms with Gasteiger partial charge in [0.15, 0.2) is 0 Å². The van der Waals surface area contributed by atoms with Crippen molar-refractivity contribution in [2.45, 2.75) is 82.4 Å². The summed E-state index contributed by atoms with van der Waals surface area (Å²) in [6.45, 7) is 4.07. The van der Waals surface area contributed by atoms with E-state index >= 15 is 0 Å². The molecule has 2 atom stereocenters. The Kier molecular flexibility index (Phi) is 8.01. The molecule has 1 saturated carbocycles. The van der Waals surface area contributed by atoms with Crippen LogP contribution in [0.4, 0.5) is 26.3 Å². The van der Waals surface area contributed by atoms with E-state index in [-0.39, 0.29) is 17.7 Å². The number of amides is 1. The van der Waals surface area contributed by atoms with Gasteiger partial charge in [0.1, 0.15) is 6.33 Å². The molecule has 6 nitrogen and oxygen atoms in total. The Morgan fingerprint density at radius 2 is 1.67 bits per heavy atom. The maximum atomic E-state index is 13.5. The largest absolute Gasteiger partial charge is 0.416 e. The maximum absolute atomic E-state index is 13.5. The molecule has 39 heavy (non-hydrogen) atoms. The van der Waals surface area contributed by atoms with Gasteiger partial charge in [-0.15, -0.1) is 0 Å². The van der Waals surface area contributed by atoms with Crippen LogP contribution in [0.2, 0.25) is 0 Å². The molecule has 1 aliphatic heterocycles. The van der Waals surface area contributed by atoms with Gasteiger partial charge in [0.25, 0.3) is 0 Å². The zero-order valence-electron chi connectivity index (χ0n) is 21.7. The van der Waals surface area contributed by atoms with E-state index in [4.69, 9.17) is 0 Å². The van der Waals surface area contributed by atoms with Crippen LogP contribution in [0.3, 0.4) is 0 Å². The molecule has 1 aromatic heterocycles. The summed E-state index contributed by atoms with van der Waals surface area (Å²) in [6.07, 6.45) is -3.65. The average Bonchev–Trinajstić information content (AvgIpc) is 3.34. The summed E-state index contributed by atoms with van der Waals surface area (Å²) < 4.78 is 79.4. The zero-order valence-corrected chi connectivity index (χ0v) is 21.7. The number of halogens is 6. The first-order valence-corrected chi connectivity index (χ1v) is 12.9. The van der Waals surface area contributed by atoms with Crippen molar-refractivity contribution in [2.24, 2.45) is 5.41 Å². The lowest BCUT2D eigenvalue weighted by Gasteiger charge is -2.41. The lowest BCUT2D eigenvalue weighted by Crippen LogP contribution is -2.53. The van der Waals surface area contributed by atoms with Crippen LogP contribution in [-0.2, 0) is 23.7 Å². The normalized spacial score (nSPS) is 23.7. The summed E-state index contributed by atoms with van der Waals surface area (Å²) >= 11 is 0. The van der Waals surface area contributed by atoms with Gasteiger partial charge in [0, 0.05) is 30.4 Å². The van der Waals surface area contributed by atoms with E-state index in [2.05, 4.69) is 20.2 Å². The van der Waals surface area contributed by atoms with E-state index in [1.165, 1.54) is 20.2 Å². The first-order valence-electron chi connectivity index (χ1n) is 12.9. The molecule has 0 bridgehead atoms. The van der Waals surface area contributed by atoms with E-state index < -0.39 is 46.9 Å². The monoisotopic (exact) mass is 558 g/mol. The van der Waals surface area contributed by atoms with Crippen molar-refractivity contribution < 1.29 is 36.2 Å². The van der Waals surface area contributed by atoms with Crippen molar-refractivity contribution in [3.63, 3.8) is 0 Å². The summed E-state index contributed by atoms with van der Waals surface area (Å²) in [4.78, 5) is 24.1. The highest BCUT2D eigenvalue weighted by Crippen LogP contribution is 2.49. The zero-order chi connectivity index (χ0) is 28.6. The molecular weight excluding hydrogens is 526 g/mol. The minimum atomic E-state index is -4.98. The molecule has 2 aliphatic rings. The van der Waals surface area contributed by atoms with Crippen LogP contribution in [0.1, 0.15) is 74.3 Å². The number of carbonyl (C=O) groups excluding carboxylic acids is 1. The molecule has 12 heteroatoms. The highest BCUT2D eigenvalue weighted by molar-refractivity contribution is 5.84. The summed E-state index contributed by atoms with van der Waals surface area (Å²) in [5.41, 5.74) is -4.91. The quantitative estimate of drug-likeness (QED) is 0.470. The summed E-state index contributed by atoms with van der Waals surface area (Å²) in [5, 5.41) is 13.6. The summed E-state index contributed by atoms with van der Waals surface area (Å²) in [5.74, 6) is -0.276. The number of aromatic nitrogens is 2. The van der Waals surface area contributed by atoms with Gasteiger partial charge in [-0.3, -0.25) is 4.79 Å². The number of likely N-dealkylation sites (tertiary alicyclic amines) is 1. The minimum Gasteiger partial charge on any atom is -0.389 e. The fourth-order valence-corrected chi connectivity index (χ4v) is 5.95. The Bertz CT molecular complexity index is 1130. The van der Waals surface area contributed by atoms with E-state index in [0.717, 1.165) is 31.6 Å². The van der Waals surface area contributed by atoms with Gasteiger partial charge < -0.3 is 15.3 Å². The molecule has 0 radical (unpaired) electrons. The Labute approximate surface area is 222 Å². The molecule has 2 fully saturated rings. The van der Waals surface area contributed by atoms with E-state index in [1.807, 2.05) is 6.07 Å². The third-order valence-electron chi connectivity index (χ3n) is 8.26. The number of nitrogens with one attached hydrogen (secondary N) is 1. The van der Waals surface area contributed by atoms with Crippen molar-refractivity contribution in [1.82, 2.24) is 20.2 Å². The standard InChI is InChI=1S/C27H32F6N4O2/c1-24(2,39)25(7-3-21(14-25)37-9-5-18(6-10-37)22-4-8-34-16-36-22)23(38)35-15-17-11-19(26(28,29)30)13-20(12-17)27(31,32)33/h4,8,11-13,16,18,21,39H,3,5-7,9-10,14-15H2,1-2H3,(H,35,38)/t21-,25-/m1/s1. The second-order valence-corrected chi connectivity index (χ2v) is 11.1. The van der Waals surface area contributed by atoms with Crippen LogP contribution in [0.25, 0.3) is 0 Å². The molecule has 2 N–H and O–H groups in total. The summed E-state index contributed by atoms with van der Waals surface area (Å²) in [7, 11) is 0. The number of rotatable bonds is 6. The van der Waals surface area contributed by atoms with Gasteiger partial charge in [0.05, 0.1) is 22.1 Å². The number of piperidine rings is 1. The van der Waals surface area contributed by atoms with Gasteiger partial charge in [-0.25, -0.2) is 9.97 Å². The fraction of sp³-hybridized carbons (Fsp3) is 0.593. The number of aliphatic hydroxyl groups is 1. The van der Waals surface area contributed by atoms with Crippen LogP contribution >= 0.6 is 0 Å². The Balaban J connectivity index is 1.46. The third-order valence-corrected chi connectivity index (χ3v) is 8.26.